The number of carbonyl (C=O) groups excluding carboxylic acids is 1. The second kappa shape index (κ2) is 7.94. The van der Waals surface area contributed by atoms with E-state index in [-0.39, 0.29) is 12.4 Å². The van der Waals surface area contributed by atoms with Gasteiger partial charge < -0.3 is 4.74 Å². The first-order valence-electron chi connectivity index (χ1n) is 7.71. The highest BCUT2D eigenvalue weighted by Crippen LogP contribution is 2.38. The van der Waals surface area contributed by atoms with Crippen LogP contribution in [-0.2, 0) is 14.9 Å². The maximum atomic E-state index is 11.4. The number of nitriles is 2. The van der Waals surface area contributed by atoms with Crippen LogP contribution in [0.3, 0.4) is 0 Å². The van der Waals surface area contributed by atoms with Gasteiger partial charge in [0.2, 0.25) is 0 Å². The molecule has 120 valence electrons. The molecule has 1 unspecified atom stereocenters. The van der Waals surface area contributed by atoms with Crippen molar-refractivity contribution in [2.45, 2.75) is 24.7 Å². The number of methoxy groups -OCH3 is 1. The molecule has 0 saturated carbocycles. The number of carbonyl (C=O) groups is 1. The van der Waals surface area contributed by atoms with Gasteiger partial charge in [-0.15, -0.1) is 0 Å². The highest BCUT2D eigenvalue weighted by atomic mass is 16.5. The van der Waals surface area contributed by atoms with Gasteiger partial charge in [-0.2, -0.15) is 10.5 Å². The van der Waals surface area contributed by atoms with Crippen molar-refractivity contribution in [3.63, 3.8) is 0 Å². The van der Waals surface area contributed by atoms with Crippen LogP contribution >= 0.6 is 0 Å². The summed E-state index contributed by atoms with van der Waals surface area (Å²) in [4.78, 5) is 11.4. The van der Waals surface area contributed by atoms with Crippen molar-refractivity contribution < 1.29 is 9.53 Å². The second-order valence-corrected chi connectivity index (χ2v) is 5.47. The summed E-state index contributed by atoms with van der Waals surface area (Å²) in [6, 6.07) is 21.1. The minimum atomic E-state index is -0.971. The van der Waals surface area contributed by atoms with Crippen LogP contribution in [0.4, 0.5) is 0 Å². The molecule has 2 aromatic rings. The molecule has 0 aromatic heterocycles. The summed E-state index contributed by atoms with van der Waals surface area (Å²) in [6.45, 7) is 0. The van der Waals surface area contributed by atoms with E-state index in [1.54, 1.807) is 12.1 Å². The first-order valence-corrected chi connectivity index (χ1v) is 7.71. The zero-order chi connectivity index (χ0) is 17.4. The Morgan fingerprint density at radius 2 is 1.75 bits per heavy atom. The minimum Gasteiger partial charge on any atom is -0.469 e. The predicted molar refractivity (Wildman–Crippen MR) is 89.9 cm³/mol. The first-order chi connectivity index (χ1) is 11.7. The number of hydrogen-bond acceptors (Lipinski definition) is 4. The van der Waals surface area contributed by atoms with Crippen LogP contribution < -0.4 is 0 Å². The van der Waals surface area contributed by atoms with Crippen LogP contribution in [0.5, 0.6) is 0 Å². The van der Waals surface area contributed by atoms with E-state index in [1.165, 1.54) is 7.11 Å². The molecule has 0 spiro atoms. The Hall–Kier alpha value is -3.11. The van der Waals surface area contributed by atoms with Crippen molar-refractivity contribution in [3.05, 3.63) is 71.3 Å². The van der Waals surface area contributed by atoms with Gasteiger partial charge in [0, 0.05) is 6.42 Å². The van der Waals surface area contributed by atoms with Crippen molar-refractivity contribution in [3.8, 4) is 12.1 Å². The van der Waals surface area contributed by atoms with Gasteiger partial charge in [-0.1, -0.05) is 48.5 Å². The Labute approximate surface area is 141 Å². The Balaban J connectivity index is 2.51. The van der Waals surface area contributed by atoms with Crippen LogP contribution in [0.25, 0.3) is 0 Å². The molecular formula is C20H18N2O2. The maximum Gasteiger partial charge on any atom is 0.305 e. The fourth-order valence-electron chi connectivity index (χ4n) is 2.89. The van der Waals surface area contributed by atoms with Gasteiger partial charge in [0.05, 0.1) is 24.8 Å². The molecule has 4 nitrogen and oxygen atoms in total. The van der Waals surface area contributed by atoms with E-state index < -0.39 is 5.41 Å². The third-order valence-electron chi connectivity index (χ3n) is 4.13. The molecule has 1 atom stereocenters. The lowest BCUT2D eigenvalue weighted by molar-refractivity contribution is -0.140. The molecule has 4 heteroatoms. The Morgan fingerprint density at radius 3 is 2.38 bits per heavy atom. The molecule has 0 amide bonds. The summed E-state index contributed by atoms with van der Waals surface area (Å²) in [5.74, 6) is -0.302. The van der Waals surface area contributed by atoms with Crippen LogP contribution in [0.2, 0.25) is 0 Å². The Kier molecular flexibility index (Phi) is 5.71. The monoisotopic (exact) mass is 318 g/mol. The van der Waals surface area contributed by atoms with Crippen molar-refractivity contribution in [2.75, 3.05) is 7.11 Å². The quantitative estimate of drug-likeness (QED) is 0.761. The van der Waals surface area contributed by atoms with Crippen molar-refractivity contribution in [1.29, 1.82) is 10.5 Å². The smallest absolute Gasteiger partial charge is 0.305 e. The van der Waals surface area contributed by atoms with Crippen molar-refractivity contribution >= 4 is 5.97 Å². The van der Waals surface area contributed by atoms with Gasteiger partial charge >= 0.3 is 5.97 Å². The first kappa shape index (κ1) is 17.2. The molecule has 0 saturated heterocycles. The average molecular weight is 318 g/mol. The molecule has 0 heterocycles. The highest BCUT2D eigenvalue weighted by molar-refractivity contribution is 5.69. The lowest BCUT2D eigenvalue weighted by Crippen LogP contribution is -2.27. The standard InChI is InChI=1S/C20H18N2O2/c1-24-19(23)12-7-13-20(15-22,17-9-3-2-4-10-17)18-11-6-5-8-16(18)14-21/h2-6,8-11H,7,12-13H2,1H3. The summed E-state index contributed by atoms with van der Waals surface area (Å²) in [7, 11) is 1.35. The van der Waals surface area contributed by atoms with Crippen LogP contribution in [-0.4, -0.2) is 13.1 Å². The fraction of sp³-hybridized carbons (Fsp3) is 0.250. The SMILES string of the molecule is COC(=O)CCCC(C#N)(c1ccccc1)c1ccccc1C#N. The summed E-state index contributed by atoms with van der Waals surface area (Å²) in [5, 5.41) is 19.5. The Bertz CT molecular complexity index is 787. The number of benzene rings is 2. The van der Waals surface area contributed by atoms with Gasteiger partial charge in [-0.25, -0.2) is 0 Å². The van der Waals surface area contributed by atoms with E-state index in [2.05, 4.69) is 16.9 Å². The van der Waals surface area contributed by atoms with Crippen molar-refractivity contribution in [1.82, 2.24) is 0 Å². The lowest BCUT2D eigenvalue weighted by atomic mass is 9.71. The predicted octanol–water partition coefficient (Wildman–Crippen LogP) is 3.71. The number of hydrogen-bond donors (Lipinski definition) is 0. The van der Waals surface area contributed by atoms with Gasteiger partial charge in [-0.3, -0.25) is 4.79 Å². The zero-order valence-electron chi connectivity index (χ0n) is 13.5. The third kappa shape index (κ3) is 3.45. The van der Waals surface area contributed by atoms with Crippen LogP contribution in [0.1, 0.15) is 36.0 Å². The summed E-state index contributed by atoms with van der Waals surface area (Å²) in [6.07, 6.45) is 1.16. The normalized spacial score (nSPS) is 12.5. The number of rotatable bonds is 6. The van der Waals surface area contributed by atoms with Gasteiger partial charge in [0.15, 0.2) is 0 Å². The van der Waals surface area contributed by atoms with E-state index >= 15 is 0 Å². The summed E-state index contributed by atoms with van der Waals surface area (Å²) >= 11 is 0. The molecule has 24 heavy (non-hydrogen) atoms. The topological polar surface area (TPSA) is 73.9 Å². The van der Waals surface area contributed by atoms with E-state index in [0.29, 0.717) is 24.0 Å². The van der Waals surface area contributed by atoms with E-state index in [4.69, 9.17) is 0 Å². The van der Waals surface area contributed by atoms with Gasteiger partial charge in [0.25, 0.3) is 0 Å². The van der Waals surface area contributed by atoms with Crippen LogP contribution in [0, 0.1) is 22.7 Å². The molecule has 0 aliphatic rings. The summed E-state index contributed by atoms with van der Waals surface area (Å²) in [5.41, 5.74) is 0.994. The highest BCUT2D eigenvalue weighted by Gasteiger charge is 2.36. The Morgan fingerprint density at radius 1 is 1.08 bits per heavy atom. The maximum absolute atomic E-state index is 11.4. The van der Waals surface area contributed by atoms with Gasteiger partial charge in [0.1, 0.15) is 5.41 Å². The molecular weight excluding hydrogens is 300 g/mol. The minimum absolute atomic E-state index is 0.238. The van der Waals surface area contributed by atoms with Crippen LogP contribution in [0.15, 0.2) is 54.6 Å². The molecule has 0 fully saturated rings. The molecule has 0 aliphatic heterocycles. The molecule has 0 bridgehead atoms. The molecule has 2 rings (SSSR count). The van der Waals surface area contributed by atoms with E-state index in [1.807, 2.05) is 42.5 Å². The molecule has 0 N–H and O–H groups in total. The molecule has 0 radical (unpaired) electrons. The average Bonchev–Trinajstić information content (AvgIpc) is 2.66. The van der Waals surface area contributed by atoms with Crippen molar-refractivity contribution in [2.24, 2.45) is 0 Å². The van der Waals surface area contributed by atoms with E-state index in [0.717, 1.165) is 5.56 Å². The largest absolute Gasteiger partial charge is 0.469 e. The molecule has 0 aliphatic carbocycles. The zero-order valence-corrected chi connectivity index (χ0v) is 13.5. The molecule has 2 aromatic carbocycles. The fourth-order valence-corrected chi connectivity index (χ4v) is 2.89. The van der Waals surface area contributed by atoms with E-state index in [9.17, 15) is 15.3 Å². The third-order valence-corrected chi connectivity index (χ3v) is 4.13. The number of nitrogens with zero attached hydrogens (tertiary/aromatic N) is 2. The number of ether oxygens (including phenoxy) is 1. The van der Waals surface area contributed by atoms with Gasteiger partial charge in [-0.05, 0) is 30.0 Å². The lowest BCUT2D eigenvalue weighted by Gasteiger charge is -2.28. The summed E-state index contributed by atoms with van der Waals surface area (Å²) < 4.78 is 4.68. The number of esters is 1. The second-order valence-electron chi connectivity index (χ2n) is 5.47.